The number of nitrogens with zero attached hydrogens (tertiary/aromatic N) is 5. The highest BCUT2D eigenvalue weighted by Gasteiger charge is 2.40. The van der Waals surface area contributed by atoms with E-state index in [1.165, 1.54) is 6.34 Å². The fraction of sp³-hybridized carbons (Fsp3) is 0.333. The highest BCUT2D eigenvalue weighted by atomic mass is 16.5. The largest absolute Gasteiger partial charge is 0.493 e. The Bertz CT molecular complexity index is 1380. The van der Waals surface area contributed by atoms with Gasteiger partial charge < -0.3 is 15.2 Å². The van der Waals surface area contributed by atoms with E-state index in [4.69, 9.17) is 20.3 Å². The van der Waals surface area contributed by atoms with Crippen molar-refractivity contribution in [1.29, 1.82) is 0 Å². The summed E-state index contributed by atoms with van der Waals surface area (Å²) < 4.78 is 12.6. The molecule has 5 rings (SSSR count). The van der Waals surface area contributed by atoms with Crippen LogP contribution in [0.2, 0.25) is 0 Å². The van der Waals surface area contributed by atoms with Gasteiger partial charge in [-0.15, -0.1) is 4.59 Å². The van der Waals surface area contributed by atoms with Crippen molar-refractivity contribution in [2.24, 2.45) is 37.6 Å². The molecular formula is C30H35N6O2+. The maximum atomic E-state index is 6.27. The summed E-state index contributed by atoms with van der Waals surface area (Å²) in [7, 11) is 0. The maximum Gasteiger partial charge on any atom is 0.170 e. The van der Waals surface area contributed by atoms with Crippen molar-refractivity contribution in [1.82, 2.24) is 4.59 Å². The van der Waals surface area contributed by atoms with Crippen LogP contribution >= 0.6 is 0 Å². The SMILES string of the molecule is CCc1cc(OCC2C=NC(C)=CC2)cc(Oc2ccc([N+]34C=C(N=CN=C(N)C3)C(C(C)C)=N4)cc2)c1. The van der Waals surface area contributed by atoms with Crippen molar-refractivity contribution in [2.45, 2.75) is 40.5 Å². The van der Waals surface area contributed by atoms with Gasteiger partial charge in [0.05, 0.1) is 6.61 Å². The quantitative estimate of drug-likeness (QED) is 0.441. The Kier molecular flexibility index (Phi) is 7.24. The van der Waals surface area contributed by atoms with Gasteiger partial charge in [-0.05, 0) is 49.6 Å². The predicted molar refractivity (Wildman–Crippen MR) is 155 cm³/mol. The Morgan fingerprint density at radius 2 is 1.84 bits per heavy atom. The molecule has 2 bridgehead atoms. The molecule has 8 heteroatoms. The van der Waals surface area contributed by atoms with Gasteiger partial charge in [0.1, 0.15) is 35.0 Å². The smallest absolute Gasteiger partial charge is 0.170 e. The summed E-state index contributed by atoms with van der Waals surface area (Å²) in [5.41, 5.74) is 11.1. The third-order valence-corrected chi connectivity index (χ3v) is 6.79. The second-order valence-corrected chi connectivity index (χ2v) is 10.2. The first-order chi connectivity index (χ1) is 18.3. The van der Waals surface area contributed by atoms with Crippen LogP contribution in [0, 0.1) is 11.8 Å². The zero-order valence-electron chi connectivity index (χ0n) is 22.5. The van der Waals surface area contributed by atoms with Gasteiger partial charge in [0.15, 0.2) is 24.3 Å². The van der Waals surface area contributed by atoms with Crippen LogP contribution in [0.25, 0.3) is 0 Å². The highest BCUT2D eigenvalue weighted by molar-refractivity contribution is 6.06. The third kappa shape index (κ3) is 5.60. The number of aliphatic imine (C=N–C) groups is 3. The molecule has 0 saturated carbocycles. The van der Waals surface area contributed by atoms with E-state index in [0.717, 1.165) is 58.4 Å². The van der Waals surface area contributed by atoms with Gasteiger partial charge in [0.2, 0.25) is 0 Å². The van der Waals surface area contributed by atoms with E-state index in [1.54, 1.807) is 0 Å². The van der Waals surface area contributed by atoms with Crippen LogP contribution in [0.5, 0.6) is 17.2 Å². The summed E-state index contributed by atoms with van der Waals surface area (Å²) in [6, 6.07) is 14.0. The number of allylic oxidation sites excluding steroid dienone is 3. The zero-order chi connectivity index (χ0) is 26.7. The minimum atomic E-state index is 0.207. The number of quaternary nitrogens is 1. The van der Waals surface area contributed by atoms with Gasteiger partial charge in [-0.25, -0.2) is 9.98 Å². The Balaban J connectivity index is 1.34. The Hall–Kier alpha value is -4.04. The van der Waals surface area contributed by atoms with Crippen molar-refractivity contribution in [3.63, 3.8) is 0 Å². The summed E-state index contributed by atoms with van der Waals surface area (Å²) >= 11 is 0. The Morgan fingerprint density at radius 1 is 1.05 bits per heavy atom. The van der Waals surface area contributed by atoms with Crippen LogP contribution in [0.4, 0.5) is 5.69 Å². The van der Waals surface area contributed by atoms with E-state index in [-0.39, 0.29) is 16.4 Å². The number of aryl methyl sites for hydroxylation is 1. The molecule has 2 N–H and O–H groups in total. The third-order valence-electron chi connectivity index (χ3n) is 6.79. The van der Waals surface area contributed by atoms with Crippen LogP contribution in [0.3, 0.4) is 0 Å². The molecule has 2 unspecified atom stereocenters. The molecule has 3 heterocycles. The van der Waals surface area contributed by atoms with Crippen LogP contribution in [0.15, 0.2) is 86.2 Å². The van der Waals surface area contributed by atoms with Crippen LogP contribution in [0.1, 0.15) is 39.7 Å². The number of benzene rings is 2. The van der Waals surface area contributed by atoms with Gasteiger partial charge in [0, 0.05) is 41.9 Å². The fourth-order valence-corrected chi connectivity index (χ4v) is 4.67. The average molecular weight is 512 g/mol. The highest BCUT2D eigenvalue weighted by Crippen LogP contribution is 2.36. The van der Waals surface area contributed by atoms with Crippen molar-refractivity contribution >= 4 is 29.8 Å². The van der Waals surface area contributed by atoms with E-state index < -0.39 is 0 Å². The van der Waals surface area contributed by atoms with Gasteiger partial charge in [-0.1, -0.05) is 31.9 Å². The molecule has 3 aliphatic heterocycles. The molecule has 0 amide bonds. The van der Waals surface area contributed by atoms with Crippen molar-refractivity contribution in [3.05, 3.63) is 71.7 Å². The molecule has 0 aromatic heterocycles. The number of ether oxygens (including phenoxy) is 2. The van der Waals surface area contributed by atoms with Crippen molar-refractivity contribution < 1.29 is 9.47 Å². The first kappa shape index (κ1) is 25.6. The van der Waals surface area contributed by atoms with Gasteiger partial charge >= 0.3 is 0 Å². The molecule has 0 saturated heterocycles. The van der Waals surface area contributed by atoms with Crippen LogP contribution in [-0.2, 0) is 6.42 Å². The summed E-state index contributed by atoms with van der Waals surface area (Å²) in [4.78, 5) is 13.2. The zero-order valence-corrected chi connectivity index (χ0v) is 22.5. The van der Waals surface area contributed by atoms with Crippen LogP contribution in [-0.4, -0.2) is 37.3 Å². The summed E-state index contributed by atoms with van der Waals surface area (Å²) in [6.07, 6.45) is 9.52. The number of nitrogens with two attached hydrogens (primary N) is 1. The molecule has 8 nitrogen and oxygen atoms in total. The lowest BCUT2D eigenvalue weighted by molar-refractivity contribution is 0.285. The first-order valence-corrected chi connectivity index (χ1v) is 13.2. The summed E-state index contributed by atoms with van der Waals surface area (Å²) in [6.45, 7) is 9.39. The summed E-state index contributed by atoms with van der Waals surface area (Å²) in [5, 5.41) is 5.05. The van der Waals surface area contributed by atoms with E-state index in [1.807, 2.05) is 49.7 Å². The van der Waals surface area contributed by atoms with Gasteiger partial charge in [-0.3, -0.25) is 4.99 Å². The van der Waals surface area contributed by atoms with Gasteiger partial charge in [0.25, 0.3) is 0 Å². The lowest BCUT2D eigenvalue weighted by atomic mass is 10.1. The first-order valence-electron chi connectivity index (χ1n) is 13.2. The topological polar surface area (TPSA) is 93.9 Å². The number of rotatable bonds is 8. The molecule has 0 aliphatic carbocycles. The standard InChI is InChI=1S/C30H35N6O2/c1-5-22-12-26(37-18-23-7-6-21(4)32-15-23)14-27(13-22)38-25-10-8-24(9-11-25)36-16-28(30(35-36)20(2)3)33-19-34-29(31)17-36/h6,8-16,19-20,23H,5,7,17-18H2,1-4H3,(H2,31,33,34)/q+1. The molecule has 0 radical (unpaired) electrons. The number of fused-ring (bicyclic) bond motifs is 1. The molecular weight excluding hydrogens is 476 g/mol. The molecule has 2 aromatic carbocycles. The Labute approximate surface area is 224 Å². The van der Waals surface area contributed by atoms with E-state index >= 15 is 0 Å². The fourth-order valence-electron chi connectivity index (χ4n) is 4.67. The average Bonchev–Trinajstić information content (AvgIpc) is 3.29. The number of hydrogen-bond acceptors (Lipinski definition) is 7. The van der Waals surface area contributed by atoms with Crippen LogP contribution < -0.4 is 19.8 Å². The minimum Gasteiger partial charge on any atom is -0.493 e. The molecule has 38 heavy (non-hydrogen) atoms. The molecule has 0 fully saturated rings. The normalized spacial score (nSPS) is 22.3. The lowest BCUT2D eigenvalue weighted by Crippen LogP contribution is -2.44. The monoisotopic (exact) mass is 511 g/mol. The van der Waals surface area contributed by atoms with Gasteiger partial charge in [-0.2, -0.15) is 0 Å². The minimum absolute atomic E-state index is 0.207. The number of hydrogen-bond donors (Lipinski definition) is 1. The number of amidine groups is 1. The van der Waals surface area contributed by atoms with E-state index in [2.05, 4.69) is 54.0 Å². The summed E-state index contributed by atoms with van der Waals surface area (Å²) in [5.74, 6) is 3.26. The Morgan fingerprint density at radius 3 is 2.55 bits per heavy atom. The predicted octanol–water partition coefficient (Wildman–Crippen LogP) is 5.99. The molecule has 3 aliphatic rings. The second-order valence-electron chi connectivity index (χ2n) is 10.2. The van der Waals surface area contributed by atoms with Crippen molar-refractivity contribution in [3.8, 4) is 17.2 Å². The lowest BCUT2D eigenvalue weighted by Gasteiger charge is -2.25. The molecule has 2 aromatic rings. The van der Waals surface area contributed by atoms with Crippen molar-refractivity contribution in [2.75, 3.05) is 13.2 Å². The maximum absolute atomic E-state index is 6.27. The second kappa shape index (κ2) is 10.8. The molecule has 196 valence electrons. The van der Waals surface area contributed by atoms with E-state index in [9.17, 15) is 0 Å². The molecule has 0 spiro atoms. The van der Waals surface area contributed by atoms with E-state index in [0.29, 0.717) is 19.0 Å². The molecule has 2 atom stereocenters.